The van der Waals surface area contributed by atoms with Crippen molar-refractivity contribution in [2.75, 3.05) is 0 Å². The Morgan fingerprint density at radius 3 is 1.48 bits per heavy atom. The highest BCUT2D eigenvalue weighted by molar-refractivity contribution is 6.09. The molecule has 0 aliphatic carbocycles. The van der Waals surface area contributed by atoms with Crippen molar-refractivity contribution in [2.45, 2.75) is 26.2 Å². The number of hydrogen-bond donors (Lipinski definition) is 0. The first kappa shape index (κ1) is 35.2. The van der Waals surface area contributed by atoms with Crippen LogP contribution in [0.2, 0.25) is 0 Å². The summed E-state index contributed by atoms with van der Waals surface area (Å²) in [6, 6.07) is 74.2. The quantitative estimate of drug-likeness (QED) is 0.159. The van der Waals surface area contributed by atoms with Crippen LogP contribution in [0, 0.1) is 0 Å². The molecule has 0 fully saturated rings. The lowest BCUT2D eigenvalue weighted by atomic mass is 9.86. The zero-order chi connectivity index (χ0) is 39.2. The molecule has 0 amide bonds. The summed E-state index contributed by atoms with van der Waals surface area (Å²) in [5, 5.41) is 7.69. The van der Waals surface area contributed by atoms with Crippen LogP contribution in [0.25, 0.3) is 89.1 Å². The van der Waals surface area contributed by atoms with Crippen LogP contribution in [0.5, 0.6) is 0 Å². The Balaban J connectivity index is 1.01. The van der Waals surface area contributed by atoms with E-state index in [0.29, 0.717) is 0 Å². The van der Waals surface area contributed by atoms with Crippen molar-refractivity contribution in [3.05, 3.63) is 212 Å². The maximum Gasteiger partial charge on any atom is 0.0934 e. The van der Waals surface area contributed by atoms with Gasteiger partial charge in [-0.1, -0.05) is 178 Å². The lowest BCUT2D eigenvalue weighted by molar-refractivity contribution is 0.591. The van der Waals surface area contributed by atoms with Crippen LogP contribution >= 0.6 is 0 Å². The minimum Gasteiger partial charge on any atom is -0.309 e. The van der Waals surface area contributed by atoms with Crippen molar-refractivity contribution in [1.29, 1.82) is 0 Å². The molecule has 8 aromatic carbocycles. The number of rotatable bonds is 7. The van der Waals surface area contributed by atoms with E-state index < -0.39 is 0 Å². The normalized spacial score (nSPS) is 11.7. The lowest BCUT2D eigenvalue weighted by Crippen LogP contribution is -2.10. The molecule has 2 aromatic heterocycles. The van der Waals surface area contributed by atoms with Gasteiger partial charge < -0.3 is 4.57 Å². The van der Waals surface area contributed by atoms with Gasteiger partial charge in [-0.2, -0.15) is 5.10 Å². The summed E-state index contributed by atoms with van der Waals surface area (Å²) in [7, 11) is 0. The standard InChI is InChI=1S/C55H43N3/c1-55(2,3)42-30-35-53-50(36-42)49-24-14-15-25-52(49)57(53)43-31-26-38(27-32-43)45-20-10-12-22-47(45)48-23-13-11-21-46(48)39-28-33-44(34-29-39)58-54(41-18-8-5-9-19-41)37-51(56-58)40-16-6-4-7-17-40/h4-37H,1-3H3. The van der Waals surface area contributed by atoms with Crippen molar-refractivity contribution >= 4 is 21.8 Å². The molecule has 10 rings (SSSR count). The van der Waals surface area contributed by atoms with E-state index in [-0.39, 0.29) is 5.41 Å². The first-order valence-electron chi connectivity index (χ1n) is 20.1. The van der Waals surface area contributed by atoms with Crippen LogP contribution in [0.15, 0.2) is 206 Å². The lowest BCUT2D eigenvalue weighted by Gasteiger charge is -2.19. The molecule has 10 aromatic rings. The molecule has 0 N–H and O–H groups in total. The molecule has 278 valence electrons. The molecule has 0 atom stereocenters. The Morgan fingerprint density at radius 1 is 0.379 bits per heavy atom. The second-order valence-electron chi connectivity index (χ2n) is 16.1. The fraction of sp³-hybridized carbons (Fsp3) is 0.0727. The monoisotopic (exact) mass is 745 g/mol. The molecule has 58 heavy (non-hydrogen) atoms. The fourth-order valence-electron chi connectivity index (χ4n) is 8.37. The third-order valence-corrected chi connectivity index (χ3v) is 11.4. The SMILES string of the molecule is CC(C)(C)c1ccc2c(c1)c1ccccc1n2-c1ccc(-c2ccccc2-c2ccccc2-c2ccc(-n3nc(-c4ccccc4)cc3-c3ccccc3)cc2)cc1. The molecule has 2 heterocycles. The first-order valence-corrected chi connectivity index (χ1v) is 20.1. The van der Waals surface area contributed by atoms with Gasteiger partial charge in [-0.15, -0.1) is 0 Å². The zero-order valence-electron chi connectivity index (χ0n) is 33.0. The molecule has 0 spiro atoms. The van der Waals surface area contributed by atoms with Crippen LogP contribution in [0.3, 0.4) is 0 Å². The summed E-state index contributed by atoms with van der Waals surface area (Å²) in [5.74, 6) is 0. The van der Waals surface area contributed by atoms with Crippen LogP contribution in [0.1, 0.15) is 26.3 Å². The predicted octanol–water partition coefficient (Wildman–Crippen LogP) is 14.6. The Kier molecular flexibility index (Phi) is 8.72. The molecule has 0 saturated carbocycles. The molecule has 0 bridgehead atoms. The highest BCUT2D eigenvalue weighted by atomic mass is 15.3. The Hall–Kier alpha value is -7.23. The third-order valence-electron chi connectivity index (χ3n) is 11.4. The average molecular weight is 746 g/mol. The molecule has 3 heteroatoms. The minimum atomic E-state index is 0.0779. The van der Waals surface area contributed by atoms with Crippen LogP contribution in [-0.4, -0.2) is 14.3 Å². The summed E-state index contributed by atoms with van der Waals surface area (Å²) in [5.41, 5.74) is 17.4. The first-order chi connectivity index (χ1) is 28.4. The number of hydrogen-bond acceptors (Lipinski definition) is 1. The highest BCUT2D eigenvalue weighted by Crippen LogP contribution is 2.40. The summed E-state index contributed by atoms with van der Waals surface area (Å²) in [4.78, 5) is 0. The van der Waals surface area contributed by atoms with Crippen molar-refractivity contribution in [2.24, 2.45) is 0 Å². The van der Waals surface area contributed by atoms with Crippen molar-refractivity contribution < 1.29 is 0 Å². The highest BCUT2D eigenvalue weighted by Gasteiger charge is 2.19. The van der Waals surface area contributed by atoms with Crippen LogP contribution < -0.4 is 0 Å². The van der Waals surface area contributed by atoms with Gasteiger partial charge in [0.25, 0.3) is 0 Å². The molecule has 0 saturated heterocycles. The van der Waals surface area contributed by atoms with Gasteiger partial charge in [0.1, 0.15) is 0 Å². The molecule has 0 unspecified atom stereocenters. The van der Waals surface area contributed by atoms with E-state index in [1.54, 1.807) is 0 Å². The number of benzene rings is 8. The van der Waals surface area contributed by atoms with E-state index in [0.717, 1.165) is 39.5 Å². The summed E-state index contributed by atoms with van der Waals surface area (Å²) in [6.45, 7) is 6.84. The Morgan fingerprint density at radius 2 is 0.879 bits per heavy atom. The number of nitrogens with zero attached hydrogens (tertiary/aromatic N) is 3. The summed E-state index contributed by atoms with van der Waals surface area (Å²) < 4.78 is 4.47. The van der Waals surface area contributed by atoms with Gasteiger partial charge in [0, 0.05) is 27.6 Å². The summed E-state index contributed by atoms with van der Waals surface area (Å²) >= 11 is 0. The number of fused-ring (bicyclic) bond motifs is 3. The number of aromatic nitrogens is 3. The van der Waals surface area contributed by atoms with E-state index in [9.17, 15) is 0 Å². The molecule has 0 radical (unpaired) electrons. The predicted molar refractivity (Wildman–Crippen MR) is 244 cm³/mol. The van der Waals surface area contributed by atoms with Gasteiger partial charge in [-0.25, -0.2) is 4.68 Å². The van der Waals surface area contributed by atoms with Gasteiger partial charge in [0.15, 0.2) is 0 Å². The fourth-order valence-corrected chi connectivity index (χ4v) is 8.37. The van der Waals surface area contributed by atoms with E-state index >= 15 is 0 Å². The van der Waals surface area contributed by atoms with Gasteiger partial charge in [-0.3, -0.25) is 0 Å². The summed E-state index contributed by atoms with van der Waals surface area (Å²) in [6.07, 6.45) is 0. The second kappa shape index (κ2) is 14.4. The van der Waals surface area contributed by atoms with Gasteiger partial charge in [-0.05, 0) is 92.9 Å². The van der Waals surface area contributed by atoms with E-state index in [1.807, 2.05) is 6.07 Å². The van der Waals surface area contributed by atoms with E-state index in [1.165, 1.54) is 55.2 Å². The van der Waals surface area contributed by atoms with Gasteiger partial charge >= 0.3 is 0 Å². The topological polar surface area (TPSA) is 22.8 Å². The van der Waals surface area contributed by atoms with E-state index in [2.05, 4.69) is 230 Å². The van der Waals surface area contributed by atoms with Crippen LogP contribution in [-0.2, 0) is 5.41 Å². The van der Waals surface area contributed by atoms with Crippen LogP contribution in [0.4, 0.5) is 0 Å². The van der Waals surface area contributed by atoms with Gasteiger partial charge in [0.05, 0.1) is 28.1 Å². The third kappa shape index (κ3) is 6.31. The molecular weight excluding hydrogens is 703 g/mol. The zero-order valence-corrected chi connectivity index (χ0v) is 33.0. The molecule has 0 aliphatic heterocycles. The maximum atomic E-state index is 5.12. The Labute approximate surface area is 340 Å². The molecular formula is C55H43N3. The average Bonchev–Trinajstić information content (AvgIpc) is 3.87. The molecule has 3 nitrogen and oxygen atoms in total. The molecule has 0 aliphatic rings. The van der Waals surface area contributed by atoms with E-state index in [4.69, 9.17) is 5.10 Å². The Bertz CT molecular complexity index is 3050. The number of para-hydroxylation sites is 1. The second-order valence-corrected chi connectivity index (χ2v) is 16.1. The van der Waals surface area contributed by atoms with Crippen molar-refractivity contribution in [1.82, 2.24) is 14.3 Å². The minimum absolute atomic E-state index is 0.0779. The maximum absolute atomic E-state index is 5.12. The largest absolute Gasteiger partial charge is 0.309 e. The van der Waals surface area contributed by atoms with Gasteiger partial charge in [0.2, 0.25) is 0 Å². The van der Waals surface area contributed by atoms with Crippen molar-refractivity contribution in [3.8, 4) is 67.3 Å². The van der Waals surface area contributed by atoms with Crippen molar-refractivity contribution in [3.63, 3.8) is 0 Å². The smallest absolute Gasteiger partial charge is 0.0934 e.